The standard InChI is InChI=1S/C22H16N6O5/c29-20-16-12-24-27(17-8-3-4-9-18(17)28(32)33)19(16)23-13-25(20)10-5-11-26-21(30)14-6-1-2-7-15(14)22(26)31/h1-4,6-9,12-13H,5,10-11H2. The van der Waals surface area contributed by atoms with E-state index in [1.54, 1.807) is 36.4 Å². The average molecular weight is 444 g/mol. The first-order valence-electron chi connectivity index (χ1n) is 10.1. The lowest BCUT2D eigenvalue weighted by Gasteiger charge is -2.14. The van der Waals surface area contributed by atoms with Crippen molar-refractivity contribution in [2.75, 3.05) is 6.54 Å². The van der Waals surface area contributed by atoms with Gasteiger partial charge in [0.25, 0.3) is 23.1 Å². The molecule has 0 saturated carbocycles. The van der Waals surface area contributed by atoms with Gasteiger partial charge in [0.05, 0.1) is 28.6 Å². The first kappa shape index (κ1) is 20.2. The van der Waals surface area contributed by atoms with Crippen LogP contribution in [0.25, 0.3) is 16.7 Å². The maximum Gasteiger partial charge on any atom is 0.294 e. The first-order chi connectivity index (χ1) is 16.0. The van der Waals surface area contributed by atoms with Gasteiger partial charge in [0, 0.05) is 19.2 Å². The number of nitro benzene ring substituents is 1. The van der Waals surface area contributed by atoms with Gasteiger partial charge in [-0.15, -0.1) is 0 Å². The Morgan fingerprint density at radius 1 is 0.909 bits per heavy atom. The van der Waals surface area contributed by atoms with Crippen LogP contribution in [0.5, 0.6) is 0 Å². The predicted molar refractivity (Wildman–Crippen MR) is 116 cm³/mol. The number of para-hydroxylation sites is 2. The number of aryl methyl sites for hydroxylation is 1. The second-order valence-electron chi connectivity index (χ2n) is 7.44. The van der Waals surface area contributed by atoms with Crippen LogP contribution in [-0.2, 0) is 6.54 Å². The highest BCUT2D eigenvalue weighted by Gasteiger charge is 2.34. The lowest BCUT2D eigenvalue weighted by atomic mass is 10.1. The van der Waals surface area contributed by atoms with Gasteiger partial charge in [-0.1, -0.05) is 24.3 Å². The van der Waals surface area contributed by atoms with Crippen LogP contribution in [0, 0.1) is 10.1 Å². The van der Waals surface area contributed by atoms with Gasteiger partial charge in [-0.05, 0) is 24.6 Å². The molecule has 11 heteroatoms. The third-order valence-electron chi connectivity index (χ3n) is 5.52. The summed E-state index contributed by atoms with van der Waals surface area (Å²) in [7, 11) is 0. The zero-order chi connectivity index (χ0) is 23.1. The molecule has 2 amide bonds. The maximum atomic E-state index is 12.9. The summed E-state index contributed by atoms with van der Waals surface area (Å²) in [6.45, 7) is 0.387. The van der Waals surface area contributed by atoms with E-state index < -0.39 is 4.92 Å². The first-order valence-corrected chi connectivity index (χ1v) is 10.1. The molecule has 2 aromatic carbocycles. The molecule has 0 aliphatic carbocycles. The molecule has 0 radical (unpaired) electrons. The average Bonchev–Trinajstić information content (AvgIpc) is 3.36. The third kappa shape index (κ3) is 3.26. The number of fused-ring (bicyclic) bond motifs is 2. The van der Waals surface area contributed by atoms with Gasteiger partial charge in [0.1, 0.15) is 11.1 Å². The number of nitrogens with zero attached hydrogens (tertiary/aromatic N) is 6. The van der Waals surface area contributed by atoms with Crippen LogP contribution in [0.1, 0.15) is 27.1 Å². The topological polar surface area (TPSA) is 133 Å². The van der Waals surface area contributed by atoms with Crippen molar-refractivity contribution >= 4 is 28.5 Å². The lowest BCUT2D eigenvalue weighted by Crippen LogP contribution is -2.32. The second-order valence-corrected chi connectivity index (χ2v) is 7.44. The van der Waals surface area contributed by atoms with Crippen molar-refractivity contribution in [2.45, 2.75) is 13.0 Å². The van der Waals surface area contributed by atoms with Crippen molar-refractivity contribution in [2.24, 2.45) is 0 Å². The summed E-state index contributed by atoms with van der Waals surface area (Å²) < 4.78 is 2.63. The van der Waals surface area contributed by atoms with Crippen molar-refractivity contribution in [1.29, 1.82) is 0 Å². The summed E-state index contributed by atoms with van der Waals surface area (Å²) in [6.07, 6.45) is 3.01. The van der Waals surface area contributed by atoms with E-state index in [-0.39, 0.29) is 52.9 Å². The highest BCUT2D eigenvalue weighted by molar-refractivity contribution is 6.21. The number of carbonyl (C=O) groups excluding carboxylic acids is 2. The van der Waals surface area contributed by atoms with Crippen LogP contribution < -0.4 is 5.56 Å². The molecule has 1 aliphatic rings. The van der Waals surface area contributed by atoms with Gasteiger partial charge < -0.3 is 0 Å². The molecule has 0 N–H and O–H groups in total. The minimum absolute atomic E-state index is 0.158. The van der Waals surface area contributed by atoms with E-state index in [1.807, 2.05) is 0 Å². The molecule has 5 rings (SSSR count). The van der Waals surface area contributed by atoms with Crippen LogP contribution >= 0.6 is 0 Å². The van der Waals surface area contributed by atoms with E-state index in [0.29, 0.717) is 17.5 Å². The predicted octanol–water partition coefficient (Wildman–Crippen LogP) is 2.18. The Kier molecular flexibility index (Phi) is 4.78. The van der Waals surface area contributed by atoms with E-state index >= 15 is 0 Å². The number of carbonyl (C=O) groups is 2. The quantitative estimate of drug-likeness (QED) is 0.253. The largest absolute Gasteiger partial charge is 0.299 e. The van der Waals surface area contributed by atoms with E-state index in [1.165, 1.54) is 38.8 Å². The normalized spacial score (nSPS) is 13.0. The molecule has 0 fully saturated rings. The fraction of sp³-hybridized carbons (Fsp3) is 0.136. The Morgan fingerprint density at radius 2 is 1.58 bits per heavy atom. The van der Waals surface area contributed by atoms with Crippen molar-refractivity contribution < 1.29 is 14.5 Å². The number of hydrogen-bond donors (Lipinski definition) is 0. The van der Waals surface area contributed by atoms with Gasteiger partial charge in [-0.2, -0.15) is 5.10 Å². The Balaban J connectivity index is 1.37. The number of aromatic nitrogens is 4. The molecular weight excluding hydrogens is 428 g/mol. The van der Waals surface area contributed by atoms with Crippen molar-refractivity contribution in [3.63, 3.8) is 0 Å². The van der Waals surface area contributed by atoms with Gasteiger partial charge >= 0.3 is 0 Å². The molecular formula is C22H16N6O5. The molecule has 3 heterocycles. The zero-order valence-electron chi connectivity index (χ0n) is 17.1. The van der Waals surface area contributed by atoms with E-state index in [2.05, 4.69) is 10.1 Å². The molecule has 2 aromatic heterocycles. The van der Waals surface area contributed by atoms with Gasteiger partial charge in [-0.25, -0.2) is 9.67 Å². The molecule has 0 spiro atoms. The van der Waals surface area contributed by atoms with Crippen molar-refractivity contribution in [3.05, 3.63) is 92.7 Å². The summed E-state index contributed by atoms with van der Waals surface area (Å²) in [5.41, 5.74) is 0.635. The van der Waals surface area contributed by atoms with E-state index in [4.69, 9.17) is 0 Å². The number of amides is 2. The highest BCUT2D eigenvalue weighted by atomic mass is 16.6. The molecule has 0 unspecified atom stereocenters. The highest BCUT2D eigenvalue weighted by Crippen LogP contribution is 2.24. The minimum Gasteiger partial charge on any atom is -0.299 e. The molecule has 33 heavy (non-hydrogen) atoms. The molecule has 164 valence electrons. The van der Waals surface area contributed by atoms with E-state index in [9.17, 15) is 24.5 Å². The third-order valence-corrected chi connectivity index (χ3v) is 5.52. The summed E-state index contributed by atoms with van der Waals surface area (Å²) in [5, 5.41) is 15.7. The Labute approximate surface area is 185 Å². The second kappa shape index (κ2) is 7.79. The van der Waals surface area contributed by atoms with Gasteiger partial charge in [0.2, 0.25) is 0 Å². The molecule has 11 nitrogen and oxygen atoms in total. The van der Waals surface area contributed by atoms with Crippen LogP contribution in [0.15, 0.2) is 65.8 Å². The van der Waals surface area contributed by atoms with Crippen LogP contribution in [0.2, 0.25) is 0 Å². The molecule has 0 atom stereocenters. The van der Waals surface area contributed by atoms with Crippen LogP contribution in [0.4, 0.5) is 5.69 Å². The molecule has 1 aliphatic heterocycles. The molecule has 0 saturated heterocycles. The maximum absolute atomic E-state index is 12.9. The van der Waals surface area contributed by atoms with Crippen molar-refractivity contribution in [1.82, 2.24) is 24.2 Å². The molecule has 4 aromatic rings. The summed E-state index contributed by atoms with van der Waals surface area (Å²) in [4.78, 5) is 54.1. The summed E-state index contributed by atoms with van der Waals surface area (Å²) >= 11 is 0. The number of hydrogen-bond acceptors (Lipinski definition) is 7. The zero-order valence-corrected chi connectivity index (χ0v) is 17.1. The van der Waals surface area contributed by atoms with Gasteiger partial charge in [-0.3, -0.25) is 34.0 Å². The fourth-order valence-electron chi connectivity index (χ4n) is 3.92. The number of benzene rings is 2. The smallest absolute Gasteiger partial charge is 0.294 e. The molecule has 0 bridgehead atoms. The number of imide groups is 1. The lowest BCUT2D eigenvalue weighted by molar-refractivity contribution is -0.384. The summed E-state index contributed by atoms with van der Waals surface area (Å²) in [6, 6.07) is 12.7. The van der Waals surface area contributed by atoms with Crippen LogP contribution in [-0.4, -0.2) is 47.5 Å². The minimum atomic E-state index is -0.525. The SMILES string of the molecule is O=C1c2ccccc2C(=O)N1CCCn1cnc2c(cnn2-c2ccccc2[N+](=O)[O-])c1=O. The van der Waals surface area contributed by atoms with E-state index in [0.717, 1.165) is 0 Å². The van der Waals surface area contributed by atoms with Crippen molar-refractivity contribution in [3.8, 4) is 5.69 Å². The number of nitro groups is 1. The Morgan fingerprint density at radius 3 is 2.27 bits per heavy atom. The Bertz CT molecular complexity index is 1470. The fourth-order valence-corrected chi connectivity index (χ4v) is 3.92. The Hall–Kier alpha value is -4.67. The van der Waals surface area contributed by atoms with Crippen LogP contribution in [0.3, 0.4) is 0 Å². The van der Waals surface area contributed by atoms with Gasteiger partial charge in [0.15, 0.2) is 5.65 Å². The summed E-state index contributed by atoms with van der Waals surface area (Å²) in [5.74, 6) is -0.690. The monoisotopic (exact) mass is 444 g/mol. The number of rotatable bonds is 6.